The molecule has 0 aromatic carbocycles. The van der Waals surface area contributed by atoms with Gasteiger partial charge < -0.3 is 5.73 Å². The van der Waals surface area contributed by atoms with Gasteiger partial charge in [0.05, 0.1) is 6.04 Å². The normalized spacial score (nSPS) is 25.3. The first-order chi connectivity index (χ1) is 5.25. The predicted octanol–water partition coefficient (Wildman–Crippen LogP) is 0.122. The molecule has 0 aromatic heterocycles. The van der Waals surface area contributed by atoms with Gasteiger partial charge in [0, 0.05) is 6.54 Å². The van der Waals surface area contributed by atoms with Gasteiger partial charge in [0.1, 0.15) is 0 Å². The lowest BCUT2D eigenvalue weighted by Crippen LogP contribution is -2.40. The average molecular weight is 154 g/mol. The summed E-state index contributed by atoms with van der Waals surface area (Å²) in [4.78, 5) is 12.9. The van der Waals surface area contributed by atoms with Crippen molar-refractivity contribution in [2.24, 2.45) is 5.73 Å². The lowest BCUT2D eigenvalue weighted by Gasteiger charge is -2.19. The number of primary amides is 1. The number of hydrogen-bond donors (Lipinski definition) is 1. The maximum atomic E-state index is 10.8. The summed E-state index contributed by atoms with van der Waals surface area (Å²) in [5.41, 5.74) is 5.20. The Kier molecular flexibility index (Phi) is 2.65. The van der Waals surface area contributed by atoms with Crippen molar-refractivity contribution in [3.8, 4) is 0 Å². The highest BCUT2D eigenvalue weighted by Gasteiger charge is 2.27. The van der Waals surface area contributed by atoms with Crippen LogP contribution in [0.5, 0.6) is 0 Å². The molecule has 1 atom stereocenters. The molecule has 0 aromatic rings. The number of amides is 1. The van der Waals surface area contributed by atoms with E-state index in [1.54, 1.807) is 6.08 Å². The van der Waals surface area contributed by atoms with Crippen LogP contribution in [-0.2, 0) is 4.79 Å². The fourth-order valence-electron chi connectivity index (χ4n) is 1.53. The van der Waals surface area contributed by atoms with Crippen molar-refractivity contribution in [2.75, 3.05) is 13.1 Å². The summed E-state index contributed by atoms with van der Waals surface area (Å²) >= 11 is 0. The van der Waals surface area contributed by atoms with Crippen LogP contribution < -0.4 is 5.73 Å². The molecule has 1 saturated heterocycles. The molecule has 1 rings (SSSR count). The van der Waals surface area contributed by atoms with Gasteiger partial charge in [0.2, 0.25) is 5.91 Å². The third kappa shape index (κ3) is 1.80. The summed E-state index contributed by atoms with van der Waals surface area (Å²) in [5.74, 6) is -0.204. The van der Waals surface area contributed by atoms with Crippen LogP contribution in [0.3, 0.4) is 0 Å². The topological polar surface area (TPSA) is 46.3 Å². The molecule has 1 heterocycles. The van der Waals surface area contributed by atoms with Gasteiger partial charge in [0.15, 0.2) is 0 Å². The van der Waals surface area contributed by atoms with Crippen molar-refractivity contribution in [3.63, 3.8) is 0 Å². The number of nitrogens with two attached hydrogens (primary N) is 1. The van der Waals surface area contributed by atoms with E-state index < -0.39 is 0 Å². The maximum Gasteiger partial charge on any atom is 0.234 e. The molecular formula is C8H14N2O. The van der Waals surface area contributed by atoms with Crippen LogP contribution in [0, 0.1) is 0 Å². The summed E-state index contributed by atoms with van der Waals surface area (Å²) in [7, 11) is 0. The fraction of sp³-hybridized carbons (Fsp3) is 0.625. The van der Waals surface area contributed by atoms with Gasteiger partial charge in [-0.25, -0.2) is 0 Å². The second-order valence-electron chi connectivity index (χ2n) is 2.84. The van der Waals surface area contributed by atoms with Crippen molar-refractivity contribution in [2.45, 2.75) is 18.9 Å². The Morgan fingerprint density at radius 2 is 2.55 bits per heavy atom. The third-order valence-corrected chi connectivity index (χ3v) is 2.06. The van der Waals surface area contributed by atoms with Gasteiger partial charge in [-0.05, 0) is 19.4 Å². The molecule has 0 bridgehead atoms. The third-order valence-electron chi connectivity index (χ3n) is 2.06. The first kappa shape index (κ1) is 8.27. The van der Waals surface area contributed by atoms with Gasteiger partial charge in [-0.1, -0.05) is 6.08 Å². The summed E-state index contributed by atoms with van der Waals surface area (Å²) in [5, 5.41) is 0. The standard InChI is InChI=1S/C8H14N2O/c1-2-5-10-6-3-4-7(10)8(9)11/h2,7H,1,3-6H2,(H2,9,11). The van der Waals surface area contributed by atoms with Crippen LogP contribution in [0.2, 0.25) is 0 Å². The van der Waals surface area contributed by atoms with Crippen molar-refractivity contribution < 1.29 is 4.79 Å². The summed E-state index contributed by atoms with van der Waals surface area (Å²) in [6.07, 6.45) is 3.78. The zero-order chi connectivity index (χ0) is 8.27. The molecule has 1 unspecified atom stereocenters. The zero-order valence-electron chi connectivity index (χ0n) is 6.62. The van der Waals surface area contributed by atoms with Gasteiger partial charge in [-0.3, -0.25) is 9.69 Å². The summed E-state index contributed by atoms with van der Waals surface area (Å²) in [6.45, 7) is 5.37. The summed E-state index contributed by atoms with van der Waals surface area (Å²) in [6, 6.07) is -0.0481. The molecule has 1 aliphatic rings. The molecule has 1 amide bonds. The van der Waals surface area contributed by atoms with Gasteiger partial charge >= 0.3 is 0 Å². The van der Waals surface area contributed by atoms with Gasteiger partial charge in [-0.2, -0.15) is 0 Å². The first-order valence-electron chi connectivity index (χ1n) is 3.90. The molecule has 3 nitrogen and oxygen atoms in total. The monoisotopic (exact) mass is 154 g/mol. The Morgan fingerprint density at radius 1 is 1.82 bits per heavy atom. The van der Waals surface area contributed by atoms with Crippen LogP contribution in [-0.4, -0.2) is 29.9 Å². The molecule has 0 spiro atoms. The van der Waals surface area contributed by atoms with E-state index in [0.29, 0.717) is 0 Å². The van der Waals surface area contributed by atoms with E-state index >= 15 is 0 Å². The highest BCUT2D eigenvalue weighted by molar-refractivity contribution is 5.80. The Balaban J connectivity index is 2.50. The van der Waals surface area contributed by atoms with Crippen molar-refractivity contribution >= 4 is 5.91 Å². The lowest BCUT2D eigenvalue weighted by molar-refractivity contribution is -0.122. The molecule has 11 heavy (non-hydrogen) atoms. The minimum absolute atomic E-state index is 0.0481. The number of likely N-dealkylation sites (tertiary alicyclic amines) is 1. The van der Waals surface area contributed by atoms with E-state index in [1.807, 2.05) is 0 Å². The number of carbonyl (C=O) groups excluding carboxylic acids is 1. The molecule has 3 heteroatoms. The SMILES string of the molecule is C=CCN1CCCC1C(N)=O. The summed E-state index contributed by atoms with van der Waals surface area (Å²) < 4.78 is 0. The quantitative estimate of drug-likeness (QED) is 0.587. The zero-order valence-corrected chi connectivity index (χ0v) is 6.62. The van der Waals surface area contributed by atoms with Crippen molar-refractivity contribution in [1.82, 2.24) is 4.90 Å². The van der Waals surface area contributed by atoms with Crippen LogP contribution >= 0.6 is 0 Å². The largest absolute Gasteiger partial charge is 0.368 e. The molecule has 0 aliphatic carbocycles. The van der Waals surface area contributed by atoms with E-state index in [0.717, 1.165) is 25.9 Å². The van der Waals surface area contributed by atoms with Gasteiger partial charge in [0.25, 0.3) is 0 Å². The van der Waals surface area contributed by atoms with E-state index in [9.17, 15) is 4.79 Å². The highest BCUT2D eigenvalue weighted by Crippen LogP contribution is 2.15. The molecule has 1 aliphatic heterocycles. The van der Waals surface area contributed by atoms with Crippen LogP contribution in [0.15, 0.2) is 12.7 Å². The molecule has 0 radical (unpaired) electrons. The molecular weight excluding hydrogens is 140 g/mol. The smallest absolute Gasteiger partial charge is 0.234 e. The number of hydrogen-bond acceptors (Lipinski definition) is 2. The molecule has 0 saturated carbocycles. The first-order valence-corrected chi connectivity index (χ1v) is 3.90. The van der Waals surface area contributed by atoms with Crippen LogP contribution in [0.25, 0.3) is 0 Å². The Labute approximate surface area is 66.9 Å². The van der Waals surface area contributed by atoms with E-state index in [1.165, 1.54) is 0 Å². The molecule has 1 fully saturated rings. The predicted molar refractivity (Wildman–Crippen MR) is 44.0 cm³/mol. The van der Waals surface area contributed by atoms with E-state index in [4.69, 9.17) is 5.73 Å². The molecule has 2 N–H and O–H groups in total. The maximum absolute atomic E-state index is 10.8. The average Bonchev–Trinajstić information content (AvgIpc) is 2.36. The Hall–Kier alpha value is -0.830. The van der Waals surface area contributed by atoms with Crippen molar-refractivity contribution in [1.29, 1.82) is 0 Å². The van der Waals surface area contributed by atoms with E-state index in [-0.39, 0.29) is 11.9 Å². The fourth-order valence-corrected chi connectivity index (χ4v) is 1.53. The van der Waals surface area contributed by atoms with Crippen LogP contribution in [0.1, 0.15) is 12.8 Å². The van der Waals surface area contributed by atoms with Crippen LogP contribution in [0.4, 0.5) is 0 Å². The Morgan fingerprint density at radius 3 is 3.09 bits per heavy atom. The number of rotatable bonds is 3. The van der Waals surface area contributed by atoms with Crippen molar-refractivity contribution in [3.05, 3.63) is 12.7 Å². The highest BCUT2D eigenvalue weighted by atomic mass is 16.1. The lowest BCUT2D eigenvalue weighted by atomic mass is 10.2. The molecule has 62 valence electrons. The minimum atomic E-state index is -0.204. The number of carbonyl (C=O) groups is 1. The minimum Gasteiger partial charge on any atom is -0.368 e. The Bertz CT molecular complexity index is 167. The van der Waals surface area contributed by atoms with Gasteiger partial charge in [-0.15, -0.1) is 6.58 Å². The van der Waals surface area contributed by atoms with E-state index in [2.05, 4.69) is 11.5 Å². The number of nitrogens with zero attached hydrogens (tertiary/aromatic N) is 1. The second-order valence-corrected chi connectivity index (χ2v) is 2.84. The second kappa shape index (κ2) is 3.53.